The molecule has 1 aromatic rings. The quantitative estimate of drug-likeness (QED) is 0.863. The van der Waals surface area contributed by atoms with Gasteiger partial charge in [0.15, 0.2) is 0 Å². The Bertz CT molecular complexity index is 610. The molecule has 7 heteroatoms. The van der Waals surface area contributed by atoms with Crippen LogP contribution in [0.3, 0.4) is 0 Å². The molecule has 1 aliphatic rings. The molecule has 0 saturated carbocycles. The number of hydrogen-bond donors (Lipinski definition) is 1. The third kappa shape index (κ3) is 3.61. The average Bonchev–Trinajstić information content (AvgIpc) is 2.89. The third-order valence-electron chi connectivity index (χ3n) is 3.77. The van der Waals surface area contributed by atoms with E-state index in [1.807, 2.05) is 19.0 Å². The van der Waals surface area contributed by atoms with Crippen LogP contribution >= 0.6 is 0 Å². The largest absolute Gasteiger partial charge is 0.481 e. The van der Waals surface area contributed by atoms with Crippen LogP contribution in [0.25, 0.3) is 0 Å². The Morgan fingerprint density at radius 1 is 1.33 bits per heavy atom. The first-order valence-electron chi connectivity index (χ1n) is 6.78. The fraction of sp³-hybridized carbons (Fsp3) is 0.500. The number of aliphatic carboxylic acids is 1. The molecule has 1 aromatic carbocycles. The summed E-state index contributed by atoms with van der Waals surface area (Å²) in [7, 11) is 0.401. The second kappa shape index (κ2) is 6.13. The van der Waals surface area contributed by atoms with Crippen LogP contribution in [-0.2, 0) is 21.2 Å². The Morgan fingerprint density at radius 3 is 2.43 bits per heavy atom. The van der Waals surface area contributed by atoms with E-state index in [9.17, 15) is 13.2 Å². The second-order valence-corrected chi connectivity index (χ2v) is 7.42. The molecule has 0 aliphatic carbocycles. The third-order valence-corrected chi connectivity index (χ3v) is 5.65. The monoisotopic (exact) mass is 312 g/mol. The summed E-state index contributed by atoms with van der Waals surface area (Å²) >= 11 is 0. The van der Waals surface area contributed by atoms with Gasteiger partial charge in [-0.15, -0.1) is 0 Å². The van der Waals surface area contributed by atoms with Gasteiger partial charge < -0.3 is 10.0 Å². The van der Waals surface area contributed by atoms with E-state index in [1.165, 1.54) is 16.4 Å². The number of hydrogen-bond acceptors (Lipinski definition) is 4. The molecule has 0 aromatic heterocycles. The zero-order chi connectivity index (χ0) is 15.6. The van der Waals surface area contributed by atoms with Crippen LogP contribution in [-0.4, -0.2) is 61.9 Å². The van der Waals surface area contributed by atoms with E-state index < -0.39 is 16.0 Å². The van der Waals surface area contributed by atoms with Crippen molar-refractivity contribution in [3.05, 3.63) is 29.8 Å². The lowest BCUT2D eigenvalue weighted by atomic mass is 10.2. The maximum atomic E-state index is 12.5. The summed E-state index contributed by atoms with van der Waals surface area (Å²) in [6.45, 7) is 1.01. The van der Waals surface area contributed by atoms with Crippen molar-refractivity contribution in [1.82, 2.24) is 9.21 Å². The molecule has 1 saturated heterocycles. The van der Waals surface area contributed by atoms with E-state index in [4.69, 9.17) is 5.11 Å². The minimum atomic E-state index is -3.49. The Balaban J connectivity index is 2.15. The van der Waals surface area contributed by atoms with Crippen molar-refractivity contribution in [2.24, 2.45) is 0 Å². The first-order valence-corrected chi connectivity index (χ1v) is 8.22. The lowest BCUT2D eigenvalue weighted by Gasteiger charge is -2.20. The normalized spacial score (nSPS) is 20.0. The molecule has 1 fully saturated rings. The fourth-order valence-corrected chi connectivity index (χ4v) is 3.95. The predicted octanol–water partition coefficient (Wildman–Crippen LogP) is 0.638. The maximum absolute atomic E-state index is 12.5. The molecular weight excluding hydrogens is 292 g/mol. The predicted molar refractivity (Wildman–Crippen MR) is 78.6 cm³/mol. The van der Waals surface area contributed by atoms with Crippen molar-refractivity contribution in [1.29, 1.82) is 0 Å². The molecule has 1 heterocycles. The zero-order valence-corrected chi connectivity index (χ0v) is 13.0. The lowest BCUT2D eigenvalue weighted by molar-refractivity contribution is -0.136. The van der Waals surface area contributed by atoms with E-state index in [-0.39, 0.29) is 17.4 Å². The van der Waals surface area contributed by atoms with Crippen LogP contribution in [0.1, 0.15) is 12.0 Å². The minimum absolute atomic E-state index is 0.104. The van der Waals surface area contributed by atoms with Gasteiger partial charge in [-0.1, -0.05) is 12.1 Å². The lowest BCUT2D eigenvalue weighted by Crippen LogP contribution is -2.34. The van der Waals surface area contributed by atoms with Gasteiger partial charge in [0.05, 0.1) is 11.3 Å². The van der Waals surface area contributed by atoms with Crippen LogP contribution in [0.15, 0.2) is 29.2 Å². The molecule has 21 heavy (non-hydrogen) atoms. The average molecular weight is 312 g/mol. The molecule has 116 valence electrons. The number of nitrogens with zero attached hydrogens (tertiary/aromatic N) is 2. The number of benzene rings is 1. The molecule has 1 N–H and O–H groups in total. The second-order valence-electron chi connectivity index (χ2n) is 5.48. The van der Waals surface area contributed by atoms with Crippen molar-refractivity contribution in [3.8, 4) is 0 Å². The molecule has 6 nitrogen and oxygen atoms in total. The van der Waals surface area contributed by atoms with E-state index in [1.54, 1.807) is 12.1 Å². The van der Waals surface area contributed by atoms with Crippen LogP contribution in [0, 0.1) is 0 Å². The molecule has 1 unspecified atom stereocenters. The highest BCUT2D eigenvalue weighted by Gasteiger charge is 2.33. The topological polar surface area (TPSA) is 77.9 Å². The Morgan fingerprint density at radius 2 is 1.95 bits per heavy atom. The van der Waals surface area contributed by atoms with Crippen molar-refractivity contribution in [2.45, 2.75) is 23.8 Å². The highest BCUT2D eigenvalue weighted by molar-refractivity contribution is 7.89. The van der Waals surface area contributed by atoms with Crippen molar-refractivity contribution < 1.29 is 18.3 Å². The molecule has 0 spiro atoms. The summed E-state index contributed by atoms with van der Waals surface area (Å²) in [6, 6.07) is 6.32. The fourth-order valence-electron chi connectivity index (χ4n) is 2.45. The summed E-state index contributed by atoms with van der Waals surface area (Å²) in [4.78, 5) is 12.9. The van der Waals surface area contributed by atoms with E-state index in [2.05, 4.69) is 0 Å². The van der Waals surface area contributed by atoms with Gasteiger partial charge in [0.25, 0.3) is 0 Å². The number of carboxylic acids is 1. The first kappa shape index (κ1) is 15.9. The smallest absolute Gasteiger partial charge is 0.307 e. The molecule has 2 rings (SSSR count). The summed E-state index contributed by atoms with van der Waals surface area (Å²) in [5, 5.41) is 8.72. The maximum Gasteiger partial charge on any atom is 0.307 e. The van der Waals surface area contributed by atoms with E-state index >= 15 is 0 Å². The number of sulfonamides is 1. The molecule has 1 aliphatic heterocycles. The summed E-state index contributed by atoms with van der Waals surface area (Å²) in [5.41, 5.74) is 0.592. The van der Waals surface area contributed by atoms with Crippen molar-refractivity contribution in [2.75, 3.05) is 27.2 Å². The van der Waals surface area contributed by atoms with Crippen LogP contribution in [0.4, 0.5) is 0 Å². The van der Waals surface area contributed by atoms with Gasteiger partial charge in [-0.25, -0.2) is 8.42 Å². The number of rotatable bonds is 5. The van der Waals surface area contributed by atoms with E-state index in [0.717, 1.165) is 6.42 Å². The molecule has 0 radical (unpaired) electrons. The van der Waals surface area contributed by atoms with Gasteiger partial charge in [-0.3, -0.25) is 4.79 Å². The van der Waals surface area contributed by atoms with Crippen molar-refractivity contribution >= 4 is 16.0 Å². The zero-order valence-electron chi connectivity index (χ0n) is 12.2. The van der Waals surface area contributed by atoms with Gasteiger partial charge in [0, 0.05) is 19.1 Å². The Hall–Kier alpha value is -1.44. The van der Waals surface area contributed by atoms with Crippen LogP contribution in [0.2, 0.25) is 0 Å². The van der Waals surface area contributed by atoms with Crippen LogP contribution < -0.4 is 0 Å². The molecule has 0 bridgehead atoms. The van der Waals surface area contributed by atoms with Crippen molar-refractivity contribution in [3.63, 3.8) is 0 Å². The van der Waals surface area contributed by atoms with Gasteiger partial charge in [0.1, 0.15) is 0 Å². The highest BCUT2D eigenvalue weighted by Crippen LogP contribution is 2.23. The highest BCUT2D eigenvalue weighted by atomic mass is 32.2. The number of likely N-dealkylation sites (N-methyl/N-ethyl adjacent to an activating group) is 1. The van der Waals surface area contributed by atoms with Gasteiger partial charge in [-0.2, -0.15) is 4.31 Å². The Kier molecular flexibility index (Phi) is 4.65. The number of carboxylic acid groups (broad SMARTS) is 1. The summed E-state index contributed by atoms with van der Waals surface area (Å²) in [6.07, 6.45) is 0.718. The summed E-state index contributed by atoms with van der Waals surface area (Å²) < 4.78 is 26.5. The van der Waals surface area contributed by atoms with Gasteiger partial charge in [-0.05, 0) is 38.2 Å². The molecule has 1 atom stereocenters. The number of carbonyl (C=O) groups is 1. The standard InChI is InChI=1S/C14H20N2O4S/c1-15(2)12-7-8-16(10-12)21(19,20)13-5-3-11(4-6-13)9-14(17)18/h3-6,12H,7-10H2,1-2H3,(H,17,18). The van der Waals surface area contributed by atoms with E-state index in [0.29, 0.717) is 18.7 Å². The van der Waals surface area contributed by atoms with Gasteiger partial charge >= 0.3 is 5.97 Å². The SMILES string of the molecule is CN(C)C1CCN(S(=O)(=O)c2ccc(CC(=O)O)cc2)C1. The van der Waals surface area contributed by atoms with Crippen LogP contribution in [0.5, 0.6) is 0 Å². The van der Waals surface area contributed by atoms with Gasteiger partial charge in [0.2, 0.25) is 10.0 Å². The Labute approximate surface area is 125 Å². The molecule has 0 amide bonds. The molecular formula is C14H20N2O4S. The summed E-state index contributed by atoms with van der Waals surface area (Å²) in [5.74, 6) is -0.932. The minimum Gasteiger partial charge on any atom is -0.481 e. The first-order chi connectivity index (χ1) is 9.80.